The van der Waals surface area contributed by atoms with Crippen molar-refractivity contribution < 1.29 is 19.2 Å². The van der Waals surface area contributed by atoms with Crippen molar-refractivity contribution in [3.8, 4) is 22.9 Å². The van der Waals surface area contributed by atoms with Gasteiger partial charge in [-0.25, -0.2) is 4.68 Å². The lowest BCUT2D eigenvalue weighted by Gasteiger charge is -2.28. The Bertz CT molecular complexity index is 1250. The zero-order valence-electron chi connectivity index (χ0n) is 17.5. The first-order valence-electron chi connectivity index (χ1n) is 9.55. The maximum Gasteiger partial charge on any atom is 0.269 e. The van der Waals surface area contributed by atoms with Crippen LogP contribution in [0.15, 0.2) is 53.7 Å². The summed E-state index contributed by atoms with van der Waals surface area (Å²) in [4.78, 5) is 27.4. The minimum absolute atomic E-state index is 0.0368. The van der Waals surface area contributed by atoms with Crippen molar-refractivity contribution in [1.29, 1.82) is 0 Å². The highest BCUT2D eigenvalue weighted by atomic mass is 16.6. The molecule has 0 saturated carbocycles. The number of nitrogens with zero attached hydrogens (tertiary/aromatic N) is 4. The van der Waals surface area contributed by atoms with Crippen molar-refractivity contribution in [3.63, 3.8) is 0 Å². The molecule has 0 spiro atoms. The molecule has 1 aliphatic heterocycles. The number of anilines is 1. The van der Waals surface area contributed by atoms with E-state index in [4.69, 9.17) is 15.2 Å². The third kappa shape index (κ3) is 3.49. The minimum atomic E-state index is -0.705. The van der Waals surface area contributed by atoms with E-state index in [1.165, 1.54) is 19.2 Å². The molecule has 2 heterocycles. The van der Waals surface area contributed by atoms with E-state index in [1.807, 2.05) is 0 Å². The summed E-state index contributed by atoms with van der Waals surface area (Å²) in [6.07, 6.45) is 0. The molecule has 1 atom stereocenters. The molecule has 1 amide bonds. The van der Waals surface area contributed by atoms with E-state index >= 15 is 0 Å². The van der Waals surface area contributed by atoms with Gasteiger partial charge in [-0.3, -0.25) is 14.9 Å². The predicted molar refractivity (Wildman–Crippen MR) is 115 cm³/mol. The standard InChI is InChI=1S/C21H20N6O5/c1-11-17(19(22)28)18(15-9-8-14(31-2)10-16(15)32-3)26-21(23-11)24-20(25-26)12-4-6-13(7-5-12)27(29)30/h4-10,18H,1-3H3,(H2,22,28)(H,23,24,25). The van der Waals surface area contributed by atoms with Crippen molar-refractivity contribution in [3.05, 3.63) is 69.4 Å². The lowest BCUT2D eigenvalue weighted by atomic mass is 9.94. The van der Waals surface area contributed by atoms with Crippen LogP contribution in [0.25, 0.3) is 11.4 Å². The molecule has 3 aromatic rings. The average Bonchev–Trinajstić information content (AvgIpc) is 3.21. The van der Waals surface area contributed by atoms with Crippen LogP contribution < -0.4 is 20.5 Å². The molecule has 1 unspecified atom stereocenters. The van der Waals surface area contributed by atoms with Gasteiger partial charge in [-0.15, -0.1) is 5.10 Å². The molecule has 0 radical (unpaired) electrons. The van der Waals surface area contributed by atoms with Crippen molar-refractivity contribution >= 4 is 17.5 Å². The van der Waals surface area contributed by atoms with E-state index in [9.17, 15) is 14.9 Å². The molecular weight excluding hydrogens is 416 g/mol. The Hall–Kier alpha value is -4.41. The Morgan fingerprint density at radius 1 is 1.19 bits per heavy atom. The van der Waals surface area contributed by atoms with E-state index in [2.05, 4.69) is 15.4 Å². The molecule has 3 N–H and O–H groups in total. The van der Waals surface area contributed by atoms with Crippen LogP contribution in [0, 0.1) is 10.1 Å². The molecule has 32 heavy (non-hydrogen) atoms. The fraction of sp³-hybridized carbons (Fsp3) is 0.190. The number of carbonyl (C=O) groups is 1. The molecule has 11 nitrogen and oxygen atoms in total. The van der Waals surface area contributed by atoms with E-state index in [-0.39, 0.29) is 5.69 Å². The molecule has 0 saturated heterocycles. The van der Waals surface area contributed by atoms with Crippen LogP contribution in [0.2, 0.25) is 0 Å². The highest BCUT2D eigenvalue weighted by Gasteiger charge is 2.35. The summed E-state index contributed by atoms with van der Waals surface area (Å²) >= 11 is 0. The third-order valence-corrected chi connectivity index (χ3v) is 5.19. The Balaban J connectivity index is 1.87. The molecule has 11 heteroatoms. The van der Waals surface area contributed by atoms with Gasteiger partial charge in [0.15, 0.2) is 5.82 Å². The number of benzene rings is 2. The van der Waals surface area contributed by atoms with Crippen LogP contribution in [0.4, 0.5) is 11.6 Å². The van der Waals surface area contributed by atoms with Crippen molar-refractivity contribution in [2.75, 3.05) is 19.5 Å². The smallest absolute Gasteiger partial charge is 0.269 e. The summed E-state index contributed by atoms with van der Waals surface area (Å²) in [6, 6.07) is 10.4. The summed E-state index contributed by atoms with van der Waals surface area (Å²) in [5, 5.41) is 18.6. The van der Waals surface area contributed by atoms with Crippen LogP contribution in [-0.4, -0.2) is 39.8 Å². The van der Waals surface area contributed by atoms with Crippen LogP contribution in [0.5, 0.6) is 11.5 Å². The summed E-state index contributed by atoms with van der Waals surface area (Å²) in [5.74, 6) is 1.19. The Morgan fingerprint density at radius 2 is 1.91 bits per heavy atom. The van der Waals surface area contributed by atoms with Gasteiger partial charge in [-0.2, -0.15) is 4.98 Å². The fourth-order valence-electron chi connectivity index (χ4n) is 3.66. The van der Waals surface area contributed by atoms with Gasteiger partial charge >= 0.3 is 0 Å². The summed E-state index contributed by atoms with van der Waals surface area (Å²) < 4.78 is 12.4. The summed E-state index contributed by atoms with van der Waals surface area (Å²) in [6.45, 7) is 1.73. The number of allylic oxidation sites excluding steroid dienone is 1. The number of methoxy groups -OCH3 is 2. The molecule has 1 aromatic heterocycles. The second kappa shape index (κ2) is 8.02. The van der Waals surface area contributed by atoms with E-state index in [1.54, 1.807) is 49.0 Å². The van der Waals surface area contributed by atoms with Gasteiger partial charge in [-0.05, 0) is 31.2 Å². The molecule has 4 rings (SSSR count). The van der Waals surface area contributed by atoms with Gasteiger partial charge in [0, 0.05) is 35.0 Å². The Labute approximate surface area is 182 Å². The van der Waals surface area contributed by atoms with Crippen molar-refractivity contribution in [1.82, 2.24) is 14.8 Å². The van der Waals surface area contributed by atoms with E-state index in [0.717, 1.165) is 0 Å². The van der Waals surface area contributed by atoms with Gasteiger partial charge in [0.1, 0.15) is 17.5 Å². The first-order chi connectivity index (χ1) is 15.3. The predicted octanol–water partition coefficient (Wildman–Crippen LogP) is 2.64. The molecule has 0 bridgehead atoms. The number of nitro benzene ring substituents is 1. The van der Waals surface area contributed by atoms with Gasteiger partial charge in [-0.1, -0.05) is 0 Å². The number of aromatic nitrogens is 3. The summed E-state index contributed by atoms with van der Waals surface area (Å²) in [5.41, 5.74) is 7.76. The second-order valence-corrected chi connectivity index (χ2v) is 7.05. The molecule has 0 fully saturated rings. The van der Waals surface area contributed by atoms with Crippen molar-refractivity contribution in [2.45, 2.75) is 13.0 Å². The van der Waals surface area contributed by atoms with Crippen molar-refractivity contribution in [2.24, 2.45) is 5.73 Å². The third-order valence-electron chi connectivity index (χ3n) is 5.19. The van der Waals surface area contributed by atoms with Gasteiger partial charge in [0.25, 0.3) is 5.69 Å². The highest BCUT2D eigenvalue weighted by molar-refractivity contribution is 5.95. The van der Waals surface area contributed by atoms with Gasteiger partial charge < -0.3 is 20.5 Å². The average molecular weight is 436 g/mol. The lowest BCUT2D eigenvalue weighted by molar-refractivity contribution is -0.384. The maximum absolute atomic E-state index is 12.4. The van der Waals surface area contributed by atoms with Crippen LogP contribution >= 0.6 is 0 Å². The number of rotatable bonds is 6. The van der Waals surface area contributed by atoms with Crippen LogP contribution in [0.1, 0.15) is 18.5 Å². The zero-order chi connectivity index (χ0) is 23.0. The van der Waals surface area contributed by atoms with Gasteiger partial charge in [0.2, 0.25) is 11.9 Å². The molecular formula is C21H20N6O5. The largest absolute Gasteiger partial charge is 0.497 e. The maximum atomic E-state index is 12.4. The number of primary amides is 1. The van der Waals surface area contributed by atoms with E-state index < -0.39 is 16.9 Å². The monoisotopic (exact) mass is 436 g/mol. The second-order valence-electron chi connectivity index (χ2n) is 7.05. The molecule has 2 aromatic carbocycles. The topological polar surface area (TPSA) is 147 Å². The number of nitro groups is 1. The number of ether oxygens (including phenoxy) is 2. The number of carbonyl (C=O) groups excluding carboxylic acids is 1. The van der Waals surface area contributed by atoms with E-state index in [0.29, 0.717) is 45.7 Å². The number of hydrogen-bond acceptors (Lipinski definition) is 8. The summed E-state index contributed by atoms with van der Waals surface area (Å²) in [7, 11) is 3.06. The zero-order valence-corrected chi connectivity index (χ0v) is 17.5. The number of non-ortho nitro benzene ring substituents is 1. The minimum Gasteiger partial charge on any atom is -0.497 e. The normalized spacial score (nSPS) is 15.0. The fourth-order valence-corrected chi connectivity index (χ4v) is 3.66. The lowest BCUT2D eigenvalue weighted by Crippen LogP contribution is -2.32. The Morgan fingerprint density at radius 3 is 2.50 bits per heavy atom. The SMILES string of the molecule is COc1ccc(C2C(C(N)=O)=C(C)Nc3nc(-c4ccc([N+](=O)[O-])cc4)nn32)c(OC)c1. The number of fused-ring (bicyclic) bond motifs is 1. The number of amides is 1. The number of hydrogen-bond donors (Lipinski definition) is 2. The molecule has 1 aliphatic rings. The quantitative estimate of drug-likeness (QED) is 0.443. The highest BCUT2D eigenvalue weighted by Crippen LogP contribution is 2.40. The molecule has 164 valence electrons. The number of nitrogens with one attached hydrogen (secondary N) is 1. The first kappa shape index (κ1) is 20.8. The van der Waals surface area contributed by atoms with Crippen LogP contribution in [-0.2, 0) is 4.79 Å². The molecule has 0 aliphatic carbocycles. The van der Waals surface area contributed by atoms with Gasteiger partial charge in [0.05, 0.1) is 24.7 Å². The Kier molecular flexibility index (Phi) is 5.23. The van der Waals surface area contributed by atoms with Crippen LogP contribution in [0.3, 0.4) is 0 Å². The first-order valence-corrected chi connectivity index (χ1v) is 9.55. The number of nitrogens with two attached hydrogens (primary N) is 1.